The van der Waals surface area contributed by atoms with E-state index in [2.05, 4.69) is 140 Å². The molecule has 4 heteroatoms. The van der Waals surface area contributed by atoms with Crippen LogP contribution in [0.5, 0.6) is 0 Å². The first kappa shape index (κ1) is 31.1. The summed E-state index contributed by atoms with van der Waals surface area (Å²) in [6.45, 7) is 0. The van der Waals surface area contributed by atoms with Crippen LogP contribution in [0, 0.1) is 0 Å². The van der Waals surface area contributed by atoms with E-state index < -0.39 is 0 Å². The van der Waals surface area contributed by atoms with Crippen molar-refractivity contribution in [2.24, 2.45) is 0 Å². The van der Waals surface area contributed by atoms with Crippen molar-refractivity contribution in [2.75, 3.05) is 0 Å². The predicted octanol–water partition coefficient (Wildman–Crippen LogP) is 13.6. The molecule has 11 rings (SSSR count). The normalized spacial score (nSPS) is 11.6. The Bertz CT molecular complexity index is 3220. The first-order valence-electron chi connectivity index (χ1n) is 18.5. The fraction of sp³-hybridized carbons (Fsp3) is 0. The largest absolute Gasteiger partial charge is 0.456 e. The van der Waals surface area contributed by atoms with Crippen LogP contribution in [0.4, 0.5) is 0 Å². The van der Waals surface area contributed by atoms with Gasteiger partial charge in [-0.25, -0.2) is 15.0 Å². The van der Waals surface area contributed by atoms with Gasteiger partial charge in [0.25, 0.3) is 0 Å². The highest BCUT2D eigenvalue weighted by Crippen LogP contribution is 2.43. The van der Waals surface area contributed by atoms with E-state index in [0.29, 0.717) is 17.5 Å². The molecule has 2 aromatic heterocycles. The van der Waals surface area contributed by atoms with Crippen LogP contribution in [0.2, 0.25) is 0 Å². The Morgan fingerprint density at radius 2 is 0.745 bits per heavy atom. The molecular formula is C51H31N3O. The fourth-order valence-electron chi connectivity index (χ4n) is 8.18. The summed E-state index contributed by atoms with van der Waals surface area (Å²) in [5, 5.41) is 9.50. The van der Waals surface area contributed by atoms with Gasteiger partial charge in [0.15, 0.2) is 17.5 Å². The summed E-state index contributed by atoms with van der Waals surface area (Å²) in [5.74, 6) is 1.82. The predicted molar refractivity (Wildman–Crippen MR) is 227 cm³/mol. The molecule has 0 saturated heterocycles. The van der Waals surface area contributed by atoms with Crippen LogP contribution in [0.15, 0.2) is 192 Å². The molecule has 0 aliphatic heterocycles. The highest BCUT2D eigenvalue weighted by molar-refractivity contribution is 6.26. The number of furan rings is 1. The van der Waals surface area contributed by atoms with Crippen LogP contribution in [-0.2, 0) is 0 Å². The molecule has 0 aliphatic rings. The van der Waals surface area contributed by atoms with Crippen molar-refractivity contribution >= 4 is 54.3 Å². The lowest BCUT2D eigenvalue weighted by molar-refractivity contribution is 0.669. The van der Waals surface area contributed by atoms with E-state index in [0.717, 1.165) is 60.9 Å². The van der Waals surface area contributed by atoms with Crippen LogP contribution in [0.3, 0.4) is 0 Å². The summed E-state index contributed by atoms with van der Waals surface area (Å²) >= 11 is 0. The molecule has 0 aliphatic carbocycles. The lowest BCUT2D eigenvalue weighted by Gasteiger charge is -2.13. The average molecular weight is 702 g/mol. The zero-order valence-corrected chi connectivity index (χ0v) is 29.6. The Morgan fingerprint density at radius 1 is 0.273 bits per heavy atom. The number of benzene rings is 9. The number of nitrogens with zero attached hydrogens (tertiary/aromatic N) is 3. The van der Waals surface area contributed by atoms with E-state index in [4.69, 9.17) is 19.4 Å². The molecule has 0 spiro atoms. The topological polar surface area (TPSA) is 51.8 Å². The van der Waals surface area contributed by atoms with E-state index in [-0.39, 0.29) is 0 Å². The first-order chi connectivity index (χ1) is 27.3. The van der Waals surface area contributed by atoms with Crippen LogP contribution in [0.25, 0.3) is 111 Å². The van der Waals surface area contributed by atoms with Gasteiger partial charge in [-0.05, 0) is 78.8 Å². The second-order valence-electron chi connectivity index (χ2n) is 13.9. The molecule has 0 N–H and O–H groups in total. The maximum Gasteiger partial charge on any atom is 0.164 e. The van der Waals surface area contributed by atoms with Gasteiger partial charge >= 0.3 is 0 Å². The number of aromatic nitrogens is 3. The average Bonchev–Trinajstić information content (AvgIpc) is 3.66. The van der Waals surface area contributed by atoms with E-state index >= 15 is 0 Å². The molecule has 55 heavy (non-hydrogen) atoms. The molecule has 4 nitrogen and oxygen atoms in total. The van der Waals surface area contributed by atoms with Gasteiger partial charge in [0.2, 0.25) is 0 Å². The number of hydrogen-bond donors (Lipinski definition) is 0. The van der Waals surface area contributed by atoms with Crippen LogP contribution in [0.1, 0.15) is 0 Å². The van der Waals surface area contributed by atoms with Gasteiger partial charge in [-0.3, -0.25) is 0 Å². The smallest absolute Gasteiger partial charge is 0.164 e. The first-order valence-corrected chi connectivity index (χ1v) is 18.5. The van der Waals surface area contributed by atoms with Crippen molar-refractivity contribution in [3.05, 3.63) is 188 Å². The van der Waals surface area contributed by atoms with Gasteiger partial charge in [0, 0.05) is 27.5 Å². The summed E-state index contributed by atoms with van der Waals surface area (Å²) in [4.78, 5) is 15.4. The number of rotatable bonds is 5. The van der Waals surface area contributed by atoms with Crippen LogP contribution in [-0.4, -0.2) is 15.0 Å². The molecule has 0 bridgehead atoms. The van der Waals surface area contributed by atoms with Crippen molar-refractivity contribution in [2.45, 2.75) is 0 Å². The summed E-state index contributed by atoms with van der Waals surface area (Å²) in [6.07, 6.45) is 0. The molecule has 2 heterocycles. The number of fused-ring (bicyclic) bond motifs is 9. The lowest BCUT2D eigenvalue weighted by atomic mass is 9.91. The van der Waals surface area contributed by atoms with Gasteiger partial charge in [-0.15, -0.1) is 0 Å². The Morgan fingerprint density at radius 3 is 1.42 bits per heavy atom. The molecule has 0 fully saturated rings. The fourth-order valence-corrected chi connectivity index (χ4v) is 8.18. The number of hydrogen-bond acceptors (Lipinski definition) is 4. The second kappa shape index (κ2) is 12.6. The van der Waals surface area contributed by atoms with Crippen molar-refractivity contribution in [3.63, 3.8) is 0 Å². The molecule has 11 aromatic rings. The molecule has 256 valence electrons. The summed E-state index contributed by atoms with van der Waals surface area (Å²) in [6, 6.07) is 65.7. The van der Waals surface area contributed by atoms with E-state index in [1.165, 1.54) is 32.3 Å². The Balaban J connectivity index is 1.15. The van der Waals surface area contributed by atoms with Crippen LogP contribution >= 0.6 is 0 Å². The second-order valence-corrected chi connectivity index (χ2v) is 13.9. The monoisotopic (exact) mass is 701 g/mol. The van der Waals surface area contributed by atoms with E-state index in [9.17, 15) is 0 Å². The molecule has 9 aromatic carbocycles. The Kier molecular flexibility index (Phi) is 7.14. The van der Waals surface area contributed by atoms with Gasteiger partial charge in [0.05, 0.1) is 0 Å². The highest BCUT2D eigenvalue weighted by atomic mass is 16.3. The minimum Gasteiger partial charge on any atom is -0.456 e. The maximum atomic E-state index is 6.62. The van der Waals surface area contributed by atoms with Gasteiger partial charge < -0.3 is 4.42 Å². The maximum absolute atomic E-state index is 6.62. The zero-order chi connectivity index (χ0) is 36.3. The Labute approximate surface area is 317 Å². The van der Waals surface area contributed by atoms with Gasteiger partial charge in [-0.2, -0.15) is 0 Å². The van der Waals surface area contributed by atoms with Crippen molar-refractivity contribution in [3.8, 4) is 56.4 Å². The lowest BCUT2D eigenvalue weighted by Crippen LogP contribution is -2.00. The molecule has 0 unspecified atom stereocenters. The molecule has 0 atom stereocenters. The zero-order valence-electron chi connectivity index (χ0n) is 29.6. The third-order valence-electron chi connectivity index (χ3n) is 10.7. The standard InChI is InChI=1S/C51H31N3O/c1-3-14-32(15-4-1)34-18-11-19-36(30-34)50-52-49(33-16-5-2-6-17-33)53-51(54-50)43-25-13-27-46-48(43)47-37(24-12-26-45(47)55-46)35-28-29-42-40-22-8-7-20-38(40)39-21-9-10-23-41(39)44(42)31-35/h1-31H. The molecule has 0 saturated carbocycles. The van der Waals surface area contributed by atoms with Gasteiger partial charge in [0.1, 0.15) is 11.2 Å². The molecule has 0 radical (unpaired) electrons. The SMILES string of the molecule is c1ccc(-c2cccc(-c3nc(-c4ccccc4)nc(-c4cccc5oc6cccc(-c7ccc8c9ccccc9c9ccccc9c8c7)c6c45)n3)c2)cc1. The quantitative estimate of drug-likeness (QED) is 0.168. The van der Waals surface area contributed by atoms with Crippen molar-refractivity contribution in [1.29, 1.82) is 0 Å². The highest BCUT2D eigenvalue weighted by Gasteiger charge is 2.21. The third kappa shape index (κ3) is 5.19. The van der Waals surface area contributed by atoms with Crippen LogP contribution < -0.4 is 0 Å². The third-order valence-corrected chi connectivity index (χ3v) is 10.7. The summed E-state index contributed by atoms with van der Waals surface area (Å²) in [7, 11) is 0. The molecule has 0 amide bonds. The minimum absolute atomic E-state index is 0.591. The summed E-state index contributed by atoms with van der Waals surface area (Å²) < 4.78 is 6.62. The van der Waals surface area contributed by atoms with E-state index in [1.54, 1.807) is 0 Å². The molecular weight excluding hydrogens is 671 g/mol. The van der Waals surface area contributed by atoms with Crippen molar-refractivity contribution < 1.29 is 4.42 Å². The van der Waals surface area contributed by atoms with Crippen molar-refractivity contribution in [1.82, 2.24) is 15.0 Å². The summed E-state index contributed by atoms with van der Waals surface area (Å²) in [5.41, 5.74) is 8.79. The minimum atomic E-state index is 0.591. The van der Waals surface area contributed by atoms with Gasteiger partial charge in [-0.1, -0.05) is 164 Å². The Hall–Kier alpha value is -7.43. The van der Waals surface area contributed by atoms with E-state index in [1.807, 2.05) is 48.5 Å².